The van der Waals surface area contributed by atoms with E-state index in [1.165, 1.54) is 5.57 Å². The maximum absolute atomic E-state index is 11.8. The fraction of sp³-hybridized carbons (Fsp3) is 0.625. The van der Waals surface area contributed by atoms with Crippen molar-refractivity contribution in [3.05, 3.63) is 41.0 Å². The molecule has 1 saturated carbocycles. The second kappa shape index (κ2) is 9.31. The number of aliphatic hydroxyl groups excluding tert-OH is 2. The zero-order chi connectivity index (χ0) is 21.1. The van der Waals surface area contributed by atoms with Crippen molar-refractivity contribution in [3.8, 4) is 0 Å². The van der Waals surface area contributed by atoms with Crippen LogP contribution in [0.1, 0.15) is 56.6 Å². The highest BCUT2D eigenvalue weighted by Crippen LogP contribution is 2.52. The Bertz CT molecular complexity index is 739. The first-order valence-electron chi connectivity index (χ1n) is 10.8. The lowest BCUT2D eigenvalue weighted by Crippen LogP contribution is -2.21. The molecule has 0 unspecified atom stereocenters. The molecule has 2 aliphatic carbocycles. The summed E-state index contributed by atoms with van der Waals surface area (Å²) in [5.74, 6) is 0.910. The van der Waals surface area contributed by atoms with Crippen molar-refractivity contribution in [1.29, 1.82) is 0 Å². The Hall–Kier alpha value is -1.85. The lowest BCUT2D eigenvalue weighted by atomic mass is 9.88. The topological polar surface area (TPSA) is 64.0 Å². The van der Waals surface area contributed by atoms with E-state index in [4.69, 9.17) is 0 Å². The van der Waals surface area contributed by atoms with Gasteiger partial charge in [0.15, 0.2) is 0 Å². The SMILES string of the molecule is CN(C)C(=O)CCCCC1=C([C@H](O)c2ccc(N(C)C)cc2)[C@H]2C[C@H](O)C[C@@H]2C1. The lowest BCUT2D eigenvalue weighted by molar-refractivity contribution is -0.128. The van der Waals surface area contributed by atoms with Gasteiger partial charge in [0.05, 0.1) is 6.10 Å². The smallest absolute Gasteiger partial charge is 0.222 e. The molecule has 2 N–H and O–H groups in total. The van der Waals surface area contributed by atoms with E-state index in [0.29, 0.717) is 12.3 Å². The fourth-order valence-corrected chi connectivity index (χ4v) is 5.01. The Labute approximate surface area is 175 Å². The van der Waals surface area contributed by atoms with E-state index in [9.17, 15) is 15.0 Å². The minimum absolute atomic E-state index is 0.173. The number of allylic oxidation sites excluding steroid dienone is 1. The van der Waals surface area contributed by atoms with Gasteiger partial charge in [0, 0.05) is 40.3 Å². The zero-order valence-corrected chi connectivity index (χ0v) is 18.3. The lowest BCUT2D eigenvalue weighted by Gasteiger charge is -2.22. The summed E-state index contributed by atoms with van der Waals surface area (Å²) in [4.78, 5) is 15.5. The summed E-state index contributed by atoms with van der Waals surface area (Å²) in [6.07, 6.45) is 5.07. The van der Waals surface area contributed by atoms with E-state index in [2.05, 4.69) is 4.90 Å². The molecule has 0 spiro atoms. The molecule has 5 nitrogen and oxygen atoms in total. The predicted octanol–water partition coefficient (Wildman–Crippen LogP) is 3.52. The monoisotopic (exact) mass is 400 g/mol. The summed E-state index contributed by atoms with van der Waals surface area (Å²) >= 11 is 0. The summed E-state index contributed by atoms with van der Waals surface area (Å²) in [5.41, 5.74) is 4.53. The molecule has 29 heavy (non-hydrogen) atoms. The molecule has 3 rings (SSSR count). The van der Waals surface area contributed by atoms with E-state index < -0.39 is 6.10 Å². The van der Waals surface area contributed by atoms with Gasteiger partial charge in [-0.3, -0.25) is 4.79 Å². The molecule has 0 saturated heterocycles. The average Bonchev–Trinajstić information content (AvgIpc) is 3.19. The molecular formula is C24H36N2O3. The number of hydrogen-bond donors (Lipinski definition) is 2. The average molecular weight is 401 g/mol. The Morgan fingerprint density at radius 1 is 1.10 bits per heavy atom. The molecular weight excluding hydrogens is 364 g/mol. The van der Waals surface area contributed by atoms with Gasteiger partial charge in [0.1, 0.15) is 6.10 Å². The summed E-state index contributed by atoms with van der Waals surface area (Å²) in [5, 5.41) is 21.4. The quantitative estimate of drug-likeness (QED) is 0.518. The number of anilines is 1. The first-order valence-corrected chi connectivity index (χ1v) is 10.8. The largest absolute Gasteiger partial charge is 0.393 e. The van der Waals surface area contributed by atoms with Gasteiger partial charge in [-0.2, -0.15) is 0 Å². The number of carbonyl (C=O) groups excluding carboxylic acids is 1. The number of hydrogen-bond acceptors (Lipinski definition) is 4. The van der Waals surface area contributed by atoms with Crippen LogP contribution < -0.4 is 4.90 Å². The van der Waals surface area contributed by atoms with Crippen molar-refractivity contribution in [2.24, 2.45) is 11.8 Å². The van der Waals surface area contributed by atoms with E-state index in [1.807, 2.05) is 38.4 Å². The number of aliphatic hydroxyl groups is 2. The van der Waals surface area contributed by atoms with E-state index in [0.717, 1.165) is 55.3 Å². The molecule has 1 fully saturated rings. The summed E-state index contributed by atoms with van der Waals surface area (Å²) in [6, 6.07) is 8.11. The Morgan fingerprint density at radius 3 is 2.41 bits per heavy atom. The first kappa shape index (κ1) is 21.8. The zero-order valence-electron chi connectivity index (χ0n) is 18.3. The van der Waals surface area contributed by atoms with Crippen molar-refractivity contribution < 1.29 is 15.0 Å². The van der Waals surface area contributed by atoms with Crippen molar-refractivity contribution in [2.45, 2.75) is 57.2 Å². The summed E-state index contributed by atoms with van der Waals surface area (Å²) in [6.45, 7) is 0. The van der Waals surface area contributed by atoms with Gasteiger partial charge >= 0.3 is 0 Å². The van der Waals surface area contributed by atoms with Crippen LogP contribution in [0.3, 0.4) is 0 Å². The summed E-state index contributed by atoms with van der Waals surface area (Å²) in [7, 11) is 7.61. The number of unbranched alkanes of at least 4 members (excludes halogenated alkanes) is 1. The second-order valence-electron chi connectivity index (χ2n) is 9.14. The van der Waals surface area contributed by atoms with Gasteiger partial charge in [-0.15, -0.1) is 0 Å². The first-order chi connectivity index (χ1) is 13.8. The van der Waals surface area contributed by atoms with Gasteiger partial charge in [0.25, 0.3) is 0 Å². The Kier molecular flexibility index (Phi) is 7.01. The van der Waals surface area contributed by atoms with Gasteiger partial charge < -0.3 is 20.0 Å². The minimum Gasteiger partial charge on any atom is -0.393 e. The molecule has 0 heterocycles. The van der Waals surface area contributed by atoms with Gasteiger partial charge in [-0.1, -0.05) is 17.7 Å². The normalized spacial score (nSPS) is 24.6. The number of benzene rings is 1. The number of rotatable bonds is 8. The molecule has 0 aliphatic heterocycles. The van der Waals surface area contributed by atoms with Gasteiger partial charge in [-0.05, 0) is 73.6 Å². The molecule has 1 aromatic carbocycles. The number of nitrogens with zero attached hydrogens (tertiary/aromatic N) is 2. The minimum atomic E-state index is -0.607. The van der Waals surface area contributed by atoms with Crippen LogP contribution in [-0.2, 0) is 4.79 Å². The molecule has 0 radical (unpaired) electrons. The second-order valence-corrected chi connectivity index (χ2v) is 9.14. The van der Waals surface area contributed by atoms with Crippen LogP contribution in [0.5, 0.6) is 0 Å². The third kappa shape index (κ3) is 5.01. The molecule has 160 valence electrons. The predicted molar refractivity (Wildman–Crippen MR) is 117 cm³/mol. The molecule has 4 atom stereocenters. The Balaban J connectivity index is 1.74. The standard InChI is InChI=1S/C24H36N2O3/c1-25(2)19-11-9-16(10-12-19)24(29)23-17(7-5-6-8-22(28)26(3)4)13-18-14-20(27)15-21(18)23/h9-12,18,20-21,24,27,29H,5-8,13-15H2,1-4H3/t18-,20+,21-,24+/m0/s1. The van der Waals surface area contributed by atoms with Crippen LogP contribution >= 0.6 is 0 Å². The van der Waals surface area contributed by atoms with Crippen LogP contribution in [0.25, 0.3) is 0 Å². The van der Waals surface area contributed by atoms with E-state index in [1.54, 1.807) is 19.0 Å². The van der Waals surface area contributed by atoms with Crippen LogP contribution in [0.2, 0.25) is 0 Å². The highest BCUT2D eigenvalue weighted by Gasteiger charge is 2.43. The molecule has 5 heteroatoms. The van der Waals surface area contributed by atoms with Gasteiger partial charge in [-0.25, -0.2) is 0 Å². The summed E-state index contributed by atoms with van der Waals surface area (Å²) < 4.78 is 0. The van der Waals surface area contributed by atoms with Crippen molar-refractivity contribution >= 4 is 11.6 Å². The fourth-order valence-electron chi connectivity index (χ4n) is 5.01. The van der Waals surface area contributed by atoms with Crippen LogP contribution in [0, 0.1) is 11.8 Å². The van der Waals surface area contributed by atoms with Crippen LogP contribution in [0.4, 0.5) is 5.69 Å². The van der Waals surface area contributed by atoms with Crippen LogP contribution in [0.15, 0.2) is 35.4 Å². The van der Waals surface area contributed by atoms with Crippen molar-refractivity contribution in [3.63, 3.8) is 0 Å². The molecule has 0 aromatic heterocycles. The van der Waals surface area contributed by atoms with E-state index in [-0.39, 0.29) is 17.9 Å². The number of amides is 1. The van der Waals surface area contributed by atoms with Gasteiger partial charge in [0.2, 0.25) is 5.91 Å². The number of fused-ring (bicyclic) bond motifs is 1. The molecule has 1 aromatic rings. The molecule has 2 aliphatic rings. The number of carbonyl (C=O) groups is 1. The highest BCUT2D eigenvalue weighted by atomic mass is 16.3. The third-order valence-electron chi connectivity index (χ3n) is 6.62. The van der Waals surface area contributed by atoms with E-state index >= 15 is 0 Å². The third-order valence-corrected chi connectivity index (χ3v) is 6.62. The van der Waals surface area contributed by atoms with Crippen LogP contribution in [-0.4, -0.2) is 55.3 Å². The maximum Gasteiger partial charge on any atom is 0.222 e. The molecule has 0 bridgehead atoms. The Morgan fingerprint density at radius 2 is 1.79 bits per heavy atom. The highest BCUT2D eigenvalue weighted by molar-refractivity contribution is 5.75. The maximum atomic E-state index is 11.8. The van der Waals surface area contributed by atoms with Crippen molar-refractivity contribution in [1.82, 2.24) is 4.90 Å². The molecule has 1 amide bonds. The van der Waals surface area contributed by atoms with Crippen molar-refractivity contribution in [2.75, 3.05) is 33.1 Å².